The topological polar surface area (TPSA) is 51.2 Å². The van der Waals surface area contributed by atoms with Gasteiger partial charge >= 0.3 is 0 Å². The summed E-state index contributed by atoms with van der Waals surface area (Å²) in [5.41, 5.74) is 1.96. The Morgan fingerprint density at radius 3 is 2.60 bits per heavy atom. The number of carbonyl (C=O) groups excluding carboxylic acids is 1. The normalized spacial score (nSPS) is 18.8. The number of fused-ring (bicyclic) bond motifs is 1. The van der Waals surface area contributed by atoms with Crippen LogP contribution in [0.4, 0.5) is 5.69 Å². The number of hydrogen-bond donors (Lipinski definition) is 0. The molecule has 1 saturated heterocycles. The molecule has 0 bridgehead atoms. The van der Waals surface area contributed by atoms with Gasteiger partial charge in [-0.15, -0.1) is 0 Å². The monoisotopic (exact) mass is 348 g/mol. The molecule has 1 fully saturated rings. The molecule has 0 radical (unpaired) electrons. The molecule has 1 aromatic rings. The van der Waals surface area contributed by atoms with Gasteiger partial charge in [-0.1, -0.05) is 0 Å². The van der Waals surface area contributed by atoms with Crippen LogP contribution in [0.15, 0.2) is 12.1 Å². The van der Waals surface area contributed by atoms with Gasteiger partial charge in [0, 0.05) is 25.7 Å². The standard InChI is InChI=1S/C19H28N2O4/c1-20-9-6-15(7-10-20)25-13-18(22)21-8-4-5-14-11-16(23-2)12-17(24-3)19(14)21/h11-12,15H,4-10,13H2,1-3H3. The van der Waals surface area contributed by atoms with Crippen LogP contribution in [-0.2, 0) is 16.0 Å². The zero-order valence-corrected chi connectivity index (χ0v) is 15.4. The smallest absolute Gasteiger partial charge is 0.253 e. The molecule has 6 heteroatoms. The van der Waals surface area contributed by atoms with Gasteiger partial charge in [-0.3, -0.25) is 4.79 Å². The number of carbonyl (C=O) groups is 1. The predicted molar refractivity (Wildman–Crippen MR) is 96.7 cm³/mol. The Morgan fingerprint density at radius 1 is 1.16 bits per heavy atom. The number of methoxy groups -OCH3 is 2. The van der Waals surface area contributed by atoms with Crippen molar-refractivity contribution in [3.63, 3.8) is 0 Å². The fourth-order valence-electron chi connectivity index (χ4n) is 3.62. The van der Waals surface area contributed by atoms with Crippen molar-refractivity contribution in [1.29, 1.82) is 0 Å². The Kier molecular flexibility index (Phi) is 5.81. The van der Waals surface area contributed by atoms with Gasteiger partial charge in [-0.2, -0.15) is 0 Å². The van der Waals surface area contributed by atoms with Crippen molar-refractivity contribution in [2.45, 2.75) is 31.8 Å². The van der Waals surface area contributed by atoms with E-state index in [4.69, 9.17) is 14.2 Å². The van der Waals surface area contributed by atoms with Crippen LogP contribution in [0.3, 0.4) is 0 Å². The number of rotatable bonds is 5. The molecule has 0 unspecified atom stereocenters. The molecule has 3 rings (SSSR count). The van der Waals surface area contributed by atoms with Crippen molar-refractivity contribution in [2.24, 2.45) is 0 Å². The summed E-state index contributed by atoms with van der Waals surface area (Å²) in [4.78, 5) is 16.9. The highest BCUT2D eigenvalue weighted by atomic mass is 16.5. The van der Waals surface area contributed by atoms with Gasteiger partial charge < -0.3 is 24.0 Å². The number of ether oxygens (including phenoxy) is 3. The van der Waals surface area contributed by atoms with Crippen molar-refractivity contribution in [2.75, 3.05) is 52.4 Å². The van der Waals surface area contributed by atoms with Crippen LogP contribution >= 0.6 is 0 Å². The maximum Gasteiger partial charge on any atom is 0.253 e. The quantitative estimate of drug-likeness (QED) is 0.816. The summed E-state index contributed by atoms with van der Waals surface area (Å²) in [5, 5.41) is 0. The molecule has 0 spiro atoms. The first-order valence-electron chi connectivity index (χ1n) is 8.97. The Balaban J connectivity index is 1.70. The third-order valence-electron chi connectivity index (χ3n) is 5.09. The van der Waals surface area contributed by atoms with E-state index in [0.717, 1.165) is 55.8 Å². The Hall–Kier alpha value is -1.79. The fraction of sp³-hybridized carbons (Fsp3) is 0.632. The van der Waals surface area contributed by atoms with E-state index >= 15 is 0 Å². The van der Waals surface area contributed by atoms with Crippen molar-refractivity contribution in [3.05, 3.63) is 17.7 Å². The van der Waals surface area contributed by atoms with Crippen LogP contribution in [0.2, 0.25) is 0 Å². The highest BCUT2D eigenvalue weighted by Gasteiger charge is 2.28. The average Bonchev–Trinajstić information content (AvgIpc) is 2.65. The van der Waals surface area contributed by atoms with Crippen molar-refractivity contribution in [1.82, 2.24) is 4.90 Å². The van der Waals surface area contributed by atoms with E-state index in [-0.39, 0.29) is 18.6 Å². The molecule has 2 aliphatic rings. The lowest BCUT2D eigenvalue weighted by Crippen LogP contribution is -2.40. The minimum atomic E-state index is 0.00310. The molecule has 1 amide bonds. The molecule has 0 atom stereocenters. The van der Waals surface area contributed by atoms with Crippen molar-refractivity contribution < 1.29 is 19.0 Å². The van der Waals surface area contributed by atoms with Crippen LogP contribution in [0.25, 0.3) is 0 Å². The second kappa shape index (κ2) is 8.06. The van der Waals surface area contributed by atoms with Crippen molar-refractivity contribution in [3.8, 4) is 11.5 Å². The first kappa shape index (κ1) is 18.0. The minimum Gasteiger partial charge on any atom is -0.497 e. The Bertz CT molecular complexity index is 594. The first-order valence-corrected chi connectivity index (χ1v) is 8.97. The maximum atomic E-state index is 12.8. The number of aryl methyl sites for hydroxylation is 1. The molecule has 138 valence electrons. The lowest BCUT2D eigenvalue weighted by atomic mass is 10.0. The SMILES string of the molecule is COc1cc2c(c(OC)c1)N(C(=O)COC1CCN(C)CC1)CCC2. The third kappa shape index (κ3) is 4.07. The zero-order chi connectivity index (χ0) is 17.8. The maximum absolute atomic E-state index is 12.8. The van der Waals surface area contributed by atoms with E-state index in [1.165, 1.54) is 0 Å². The highest BCUT2D eigenvalue weighted by molar-refractivity contribution is 5.97. The van der Waals surface area contributed by atoms with Crippen LogP contribution in [0.5, 0.6) is 11.5 Å². The molecule has 0 N–H and O–H groups in total. The number of nitrogens with zero attached hydrogens (tertiary/aromatic N) is 2. The van der Waals surface area contributed by atoms with E-state index < -0.39 is 0 Å². The number of anilines is 1. The van der Waals surface area contributed by atoms with Gasteiger partial charge in [0.05, 0.1) is 26.0 Å². The van der Waals surface area contributed by atoms with E-state index in [2.05, 4.69) is 11.9 Å². The van der Waals surface area contributed by atoms with Crippen LogP contribution in [0, 0.1) is 0 Å². The van der Waals surface area contributed by atoms with Crippen molar-refractivity contribution >= 4 is 11.6 Å². The van der Waals surface area contributed by atoms with E-state index in [0.29, 0.717) is 12.3 Å². The molecule has 0 aliphatic carbocycles. The first-order chi connectivity index (χ1) is 12.1. The van der Waals surface area contributed by atoms with Gasteiger partial charge in [0.2, 0.25) is 0 Å². The van der Waals surface area contributed by atoms with Crippen LogP contribution in [0.1, 0.15) is 24.8 Å². The van der Waals surface area contributed by atoms with Gasteiger partial charge in [0.1, 0.15) is 18.1 Å². The number of amides is 1. The second-order valence-corrected chi connectivity index (χ2v) is 6.80. The highest BCUT2D eigenvalue weighted by Crippen LogP contribution is 2.39. The van der Waals surface area contributed by atoms with Gasteiger partial charge in [-0.05, 0) is 44.4 Å². The molecule has 2 heterocycles. The predicted octanol–water partition coefficient (Wildman–Crippen LogP) is 2.09. The number of hydrogen-bond acceptors (Lipinski definition) is 5. The fourth-order valence-corrected chi connectivity index (χ4v) is 3.62. The molecule has 1 aromatic carbocycles. The molecule has 25 heavy (non-hydrogen) atoms. The molecular formula is C19H28N2O4. The summed E-state index contributed by atoms with van der Waals surface area (Å²) in [5.74, 6) is 1.44. The Morgan fingerprint density at radius 2 is 1.92 bits per heavy atom. The van der Waals surface area contributed by atoms with E-state index in [1.807, 2.05) is 17.0 Å². The van der Waals surface area contributed by atoms with E-state index in [1.54, 1.807) is 14.2 Å². The second-order valence-electron chi connectivity index (χ2n) is 6.80. The third-order valence-corrected chi connectivity index (χ3v) is 5.09. The Labute approximate surface area is 149 Å². The summed E-state index contributed by atoms with van der Waals surface area (Å²) in [7, 11) is 5.39. The van der Waals surface area contributed by atoms with Gasteiger partial charge in [-0.25, -0.2) is 0 Å². The molecule has 0 aromatic heterocycles. The summed E-state index contributed by atoms with van der Waals surface area (Å²) in [6.45, 7) is 2.88. The summed E-state index contributed by atoms with van der Waals surface area (Å²) >= 11 is 0. The minimum absolute atomic E-state index is 0.00310. The molecule has 2 aliphatic heterocycles. The van der Waals surface area contributed by atoms with Crippen LogP contribution < -0.4 is 14.4 Å². The summed E-state index contributed by atoms with van der Waals surface area (Å²) in [6, 6.07) is 3.83. The van der Waals surface area contributed by atoms with Crippen LogP contribution in [-0.4, -0.2) is 64.4 Å². The molecule has 6 nitrogen and oxygen atoms in total. The van der Waals surface area contributed by atoms with E-state index in [9.17, 15) is 4.79 Å². The zero-order valence-electron chi connectivity index (χ0n) is 15.4. The number of benzene rings is 1. The lowest BCUT2D eigenvalue weighted by Gasteiger charge is -2.33. The lowest BCUT2D eigenvalue weighted by molar-refractivity contribution is -0.126. The number of likely N-dealkylation sites (tertiary alicyclic amines) is 1. The van der Waals surface area contributed by atoms with Gasteiger partial charge in [0.15, 0.2) is 0 Å². The largest absolute Gasteiger partial charge is 0.497 e. The number of piperidine rings is 1. The van der Waals surface area contributed by atoms with Gasteiger partial charge in [0.25, 0.3) is 5.91 Å². The molecule has 0 saturated carbocycles. The summed E-state index contributed by atoms with van der Waals surface area (Å²) in [6.07, 6.45) is 4.01. The summed E-state index contributed by atoms with van der Waals surface area (Å²) < 4.78 is 16.8. The average molecular weight is 348 g/mol. The molecular weight excluding hydrogens is 320 g/mol.